The predicted octanol–water partition coefficient (Wildman–Crippen LogP) is 10.9. The number of hydrogen-bond acceptors (Lipinski definition) is 0. The van der Waals surface area contributed by atoms with Gasteiger partial charge in [-0.2, -0.15) is 0 Å². The summed E-state index contributed by atoms with van der Waals surface area (Å²) in [5.74, 6) is -89.2. The topological polar surface area (TPSA) is 0 Å². The Balaban J connectivity index is 0.000000186. The van der Waals surface area contributed by atoms with E-state index in [1.807, 2.05) is 0 Å². The average Bonchev–Trinajstić information content (AvgIpc) is 0.816. The van der Waals surface area contributed by atoms with Crippen molar-refractivity contribution in [3.8, 4) is 0 Å². The Hall–Kier alpha value is -8.57. The molecule has 0 aliphatic heterocycles. The molecule has 0 saturated carbocycles. The molecule has 9 aromatic rings. The van der Waals surface area contributed by atoms with Crippen molar-refractivity contribution >= 4 is 86.9 Å². The van der Waals surface area contributed by atoms with Gasteiger partial charge in [0, 0.05) is 21.8 Å². The third-order valence-electron chi connectivity index (χ3n) is 13.5. The Morgan fingerprint density at radius 3 is 0.322 bits per heavy atom. The smallest absolute Gasteiger partial charge is 0.200 e. The molecule has 9 aromatic carbocycles. The van der Waals surface area contributed by atoms with Gasteiger partial charge in [-0.1, -0.05) is 0 Å². The van der Waals surface area contributed by atoms with E-state index in [4.69, 9.17) is 0 Å². The van der Waals surface area contributed by atoms with Crippen LogP contribution in [0.5, 0.6) is 0 Å². The highest BCUT2D eigenvalue weighted by molar-refractivity contribution is 6.69. The second kappa shape index (κ2) is 23.6. The number of hydrogen-bond donors (Lipinski definition) is 0. The van der Waals surface area contributed by atoms with Gasteiger partial charge in [0.2, 0.25) is 0 Å². The Morgan fingerprint density at radius 2 is 0.172 bits per heavy atom. The molecule has 9 rings (SSSR count). The molecule has 0 atom stereocenters. The van der Waals surface area contributed by atoms with E-state index in [0.29, 0.717) is 0 Å². The van der Waals surface area contributed by atoms with Gasteiger partial charge in [0.1, 0.15) is 69.8 Å². The van der Waals surface area contributed by atoms with E-state index in [-0.39, 0.29) is 0 Å². The Labute approximate surface area is 454 Å². The molecule has 0 spiro atoms. The molecular weight excluding hydrogens is 1290 g/mol. The number of fused-ring (bicyclic) bond motifs is 3. The minimum atomic E-state index is -3.30. The van der Waals surface area contributed by atoms with Crippen LogP contribution in [-0.2, 0) is 0 Å². The molecule has 0 N–H and O–H groups in total. The third-order valence-corrected chi connectivity index (χ3v) is 13.5. The van der Waals surface area contributed by atoms with Gasteiger partial charge in [-0.05, 0) is 0 Å². The fourth-order valence-electron chi connectivity index (χ4n) is 9.02. The monoisotopic (exact) mass is 1300 g/mol. The first-order valence-corrected chi connectivity index (χ1v) is 22.6. The first-order valence-electron chi connectivity index (χ1n) is 22.6. The van der Waals surface area contributed by atoms with Crippen molar-refractivity contribution in [1.82, 2.24) is 0 Å². The lowest BCUT2D eigenvalue weighted by molar-refractivity contribution is 0.384. The van der Waals surface area contributed by atoms with E-state index in [2.05, 4.69) is 0 Å². The summed E-state index contributed by atoms with van der Waals surface area (Å²) in [5, 5.41) is -11.7. The van der Waals surface area contributed by atoms with Crippen molar-refractivity contribution in [2.45, 2.75) is 0 Å². The highest BCUT2D eigenvalue weighted by atomic mass is 19.2. The second-order valence-corrected chi connectivity index (χ2v) is 18.1. The summed E-state index contributed by atoms with van der Waals surface area (Å²) in [6, 6.07) is 0. The molecule has 0 bridgehead atoms. The van der Waals surface area contributed by atoms with Crippen LogP contribution in [0.15, 0.2) is 0 Å². The number of halogens is 36. The average molecular weight is 1300 g/mol. The third kappa shape index (κ3) is 10.2. The SMILES string of the molecule is Fc1c(F)c(F)c([BH2-]c2c(F)c(F)c3c(F)c(F)c(F)c(F)c3c2F)c(F)c1F.Fc1c(F)c(F)c([BH2-]c2c(F)c(F)c3c(F)c(F)c(F)c(F)c3c2F)c(F)c1F.Fc1c(F)c(F)c([BH2-]c2c(F)c(F)c3c(F)c(F)c(F)c(F)c3c2F)c(F)c1F. The molecular formula is C48H6B3F36-3. The van der Waals surface area contributed by atoms with Crippen LogP contribution in [0, 0.1) is 209 Å². The second-order valence-electron chi connectivity index (χ2n) is 18.1. The van der Waals surface area contributed by atoms with Crippen molar-refractivity contribution in [2.75, 3.05) is 0 Å². The maximum atomic E-state index is 14.5. The molecule has 39 heteroatoms. The lowest BCUT2D eigenvalue weighted by atomic mass is 9.62. The van der Waals surface area contributed by atoms with E-state index in [0.717, 1.165) is 0 Å². The summed E-state index contributed by atoms with van der Waals surface area (Å²) in [6.07, 6.45) is 0. The summed E-state index contributed by atoms with van der Waals surface area (Å²) in [7, 11) is -9.90. The zero-order valence-electron chi connectivity index (χ0n) is 40.6. The van der Waals surface area contributed by atoms with Gasteiger partial charge in [-0.15, -0.1) is 32.8 Å². The van der Waals surface area contributed by atoms with Crippen LogP contribution in [0.25, 0.3) is 32.3 Å². The first-order chi connectivity index (χ1) is 40.2. The van der Waals surface area contributed by atoms with Crippen LogP contribution in [0.1, 0.15) is 0 Å². The molecule has 0 amide bonds. The lowest BCUT2D eigenvalue weighted by Crippen LogP contribution is -2.39. The van der Waals surface area contributed by atoms with Crippen molar-refractivity contribution in [1.29, 1.82) is 0 Å². The maximum absolute atomic E-state index is 14.5. The Kier molecular flexibility index (Phi) is 17.9. The molecule has 0 aliphatic carbocycles. The van der Waals surface area contributed by atoms with E-state index in [1.54, 1.807) is 0 Å². The summed E-state index contributed by atoms with van der Waals surface area (Å²) < 4.78 is 492. The van der Waals surface area contributed by atoms with Gasteiger partial charge < -0.3 is 0 Å². The van der Waals surface area contributed by atoms with Gasteiger partial charge >= 0.3 is 0 Å². The van der Waals surface area contributed by atoms with Gasteiger partial charge in [0.25, 0.3) is 0 Å². The molecule has 0 radical (unpaired) electrons. The van der Waals surface area contributed by atoms with E-state index >= 15 is 0 Å². The largest absolute Gasteiger partial charge is 0.210 e. The molecule has 0 heterocycles. The van der Waals surface area contributed by atoms with Gasteiger partial charge in [-0.25, -0.2) is 158 Å². The maximum Gasteiger partial charge on any atom is 0.200 e. The van der Waals surface area contributed by atoms with E-state index in [9.17, 15) is 158 Å². The molecule has 0 fully saturated rings. The van der Waals surface area contributed by atoms with Crippen molar-refractivity contribution in [3.63, 3.8) is 0 Å². The summed E-state index contributed by atoms with van der Waals surface area (Å²) >= 11 is 0. The lowest BCUT2D eigenvalue weighted by Gasteiger charge is -2.18. The summed E-state index contributed by atoms with van der Waals surface area (Å²) in [6.45, 7) is 0. The Bertz CT molecular complexity index is 3970. The van der Waals surface area contributed by atoms with Gasteiger partial charge in [0.15, 0.2) is 140 Å². The normalized spacial score (nSPS) is 11.6. The van der Waals surface area contributed by atoms with Crippen LogP contribution in [0.2, 0.25) is 0 Å². The molecule has 0 saturated heterocycles. The van der Waals surface area contributed by atoms with E-state index < -0.39 is 296 Å². The standard InChI is InChI=1S/3C16H2BF12/c3*18-5-1-2(8(21)13(26)12(25)7(1)20)6(19)9(22)3(5)17-4-10(23)14(27)16(29)15(28)11(4)24/h3*17H2/q3*-1. The zero-order chi connectivity index (χ0) is 65.8. The molecule has 87 heavy (non-hydrogen) atoms. The van der Waals surface area contributed by atoms with E-state index in [1.165, 1.54) is 0 Å². The zero-order valence-corrected chi connectivity index (χ0v) is 40.6. The van der Waals surface area contributed by atoms with Crippen LogP contribution >= 0.6 is 0 Å². The highest BCUT2D eigenvalue weighted by Gasteiger charge is 2.35. The number of benzene rings is 9. The quantitative estimate of drug-likeness (QED) is 0.0674. The van der Waals surface area contributed by atoms with Crippen LogP contribution in [-0.4, -0.2) is 21.8 Å². The van der Waals surface area contributed by atoms with Gasteiger partial charge in [-0.3, -0.25) is 0 Å². The minimum absolute atomic E-state index is 1.69. The van der Waals surface area contributed by atoms with Crippen molar-refractivity contribution < 1.29 is 158 Å². The first kappa shape index (κ1) is 66.0. The van der Waals surface area contributed by atoms with Crippen LogP contribution in [0.4, 0.5) is 158 Å². The van der Waals surface area contributed by atoms with Crippen molar-refractivity contribution in [2.24, 2.45) is 0 Å². The molecule has 0 aromatic heterocycles. The summed E-state index contributed by atoms with van der Waals surface area (Å²) in [4.78, 5) is 0. The van der Waals surface area contributed by atoms with Gasteiger partial charge in [0.05, 0.1) is 32.3 Å². The fraction of sp³-hybridized carbons (Fsp3) is 0. The van der Waals surface area contributed by atoms with Crippen LogP contribution in [0.3, 0.4) is 0 Å². The van der Waals surface area contributed by atoms with Crippen molar-refractivity contribution in [3.05, 3.63) is 209 Å². The predicted molar refractivity (Wildman–Crippen MR) is 233 cm³/mol. The Morgan fingerprint density at radius 1 is 0.0920 bits per heavy atom. The fourth-order valence-corrected chi connectivity index (χ4v) is 9.02. The molecule has 462 valence electrons. The number of rotatable bonds is 6. The molecule has 0 nitrogen and oxygen atoms in total. The molecule has 0 unspecified atom stereocenters. The highest BCUT2D eigenvalue weighted by Crippen LogP contribution is 2.35. The van der Waals surface area contributed by atoms with Crippen LogP contribution < -0.4 is 32.8 Å². The molecule has 0 aliphatic rings. The summed E-state index contributed by atoms with van der Waals surface area (Å²) in [5.41, 5.74) is -10.2. The minimum Gasteiger partial charge on any atom is -0.210 e.